The van der Waals surface area contributed by atoms with Crippen LogP contribution in [0.3, 0.4) is 0 Å². The van der Waals surface area contributed by atoms with Crippen LogP contribution < -0.4 is 15.4 Å². The molecule has 2 rings (SSSR count). The Labute approximate surface area is 154 Å². The SMILES string of the molecule is CCOCCCNC(=NCc1ccsc1)NCc1ccc(OC)cc1. The third kappa shape index (κ3) is 7.58. The van der Waals surface area contributed by atoms with E-state index in [0.717, 1.165) is 37.9 Å². The molecule has 0 spiro atoms. The molecule has 6 heteroatoms. The molecule has 2 N–H and O–H groups in total. The van der Waals surface area contributed by atoms with E-state index in [4.69, 9.17) is 9.47 Å². The fourth-order valence-corrected chi connectivity index (χ4v) is 2.84. The van der Waals surface area contributed by atoms with Gasteiger partial charge in [0.1, 0.15) is 5.75 Å². The normalized spacial score (nSPS) is 11.4. The summed E-state index contributed by atoms with van der Waals surface area (Å²) >= 11 is 1.69. The number of hydrogen-bond donors (Lipinski definition) is 2. The second-order valence-electron chi connectivity index (χ2n) is 5.48. The average molecular weight is 362 g/mol. The Morgan fingerprint density at radius 1 is 1.12 bits per heavy atom. The van der Waals surface area contributed by atoms with Crippen LogP contribution in [0, 0.1) is 0 Å². The van der Waals surface area contributed by atoms with E-state index in [2.05, 4.69) is 44.6 Å². The lowest BCUT2D eigenvalue weighted by atomic mass is 10.2. The zero-order valence-electron chi connectivity index (χ0n) is 15.0. The summed E-state index contributed by atoms with van der Waals surface area (Å²) in [4.78, 5) is 4.67. The minimum atomic E-state index is 0.674. The summed E-state index contributed by atoms with van der Waals surface area (Å²) in [5, 5.41) is 11.0. The van der Waals surface area contributed by atoms with Gasteiger partial charge < -0.3 is 20.1 Å². The molecule has 0 unspecified atom stereocenters. The zero-order valence-corrected chi connectivity index (χ0v) is 15.8. The summed E-state index contributed by atoms with van der Waals surface area (Å²) in [5.41, 5.74) is 2.41. The number of ether oxygens (including phenoxy) is 2. The molecule has 25 heavy (non-hydrogen) atoms. The van der Waals surface area contributed by atoms with Gasteiger partial charge in [0.25, 0.3) is 0 Å². The predicted molar refractivity (Wildman–Crippen MR) is 104 cm³/mol. The maximum Gasteiger partial charge on any atom is 0.191 e. The fourth-order valence-electron chi connectivity index (χ4n) is 2.18. The number of aliphatic imine (C=N–C) groups is 1. The van der Waals surface area contributed by atoms with Crippen LogP contribution in [-0.2, 0) is 17.8 Å². The van der Waals surface area contributed by atoms with Gasteiger partial charge in [-0.15, -0.1) is 0 Å². The highest BCUT2D eigenvalue weighted by molar-refractivity contribution is 7.07. The smallest absolute Gasteiger partial charge is 0.191 e. The molecule has 5 nitrogen and oxygen atoms in total. The van der Waals surface area contributed by atoms with E-state index in [-0.39, 0.29) is 0 Å². The van der Waals surface area contributed by atoms with Crippen molar-refractivity contribution in [2.24, 2.45) is 4.99 Å². The van der Waals surface area contributed by atoms with Gasteiger partial charge in [-0.25, -0.2) is 4.99 Å². The Morgan fingerprint density at radius 3 is 2.64 bits per heavy atom. The molecule has 0 saturated heterocycles. The van der Waals surface area contributed by atoms with E-state index in [1.54, 1.807) is 18.4 Å². The number of rotatable bonds is 10. The molecule has 0 bridgehead atoms. The molecule has 0 fully saturated rings. The number of methoxy groups -OCH3 is 1. The summed E-state index contributed by atoms with van der Waals surface area (Å²) in [5.74, 6) is 1.68. The molecule has 0 aliphatic heterocycles. The van der Waals surface area contributed by atoms with Crippen LogP contribution in [-0.4, -0.2) is 32.8 Å². The molecule has 136 valence electrons. The topological polar surface area (TPSA) is 54.9 Å². The lowest BCUT2D eigenvalue weighted by Crippen LogP contribution is -2.37. The van der Waals surface area contributed by atoms with Crippen molar-refractivity contribution in [1.29, 1.82) is 0 Å². The van der Waals surface area contributed by atoms with Crippen LogP contribution in [0.25, 0.3) is 0 Å². The lowest BCUT2D eigenvalue weighted by molar-refractivity contribution is 0.145. The Kier molecular flexibility index (Phi) is 8.86. The van der Waals surface area contributed by atoms with Gasteiger partial charge in [0.05, 0.1) is 13.7 Å². The van der Waals surface area contributed by atoms with Gasteiger partial charge in [-0.2, -0.15) is 11.3 Å². The van der Waals surface area contributed by atoms with Gasteiger partial charge in [-0.1, -0.05) is 12.1 Å². The van der Waals surface area contributed by atoms with Gasteiger partial charge >= 0.3 is 0 Å². The number of benzene rings is 1. The number of guanidine groups is 1. The second kappa shape index (κ2) is 11.5. The third-order valence-electron chi connectivity index (χ3n) is 3.58. The zero-order chi connectivity index (χ0) is 17.7. The standard InChI is InChI=1S/C19H27N3O2S/c1-3-24-11-4-10-20-19(22-14-17-9-12-25-15-17)21-13-16-5-7-18(23-2)8-6-16/h5-9,12,15H,3-4,10-11,13-14H2,1-2H3,(H2,20,21,22). The van der Waals surface area contributed by atoms with E-state index < -0.39 is 0 Å². The fraction of sp³-hybridized carbons (Fsp3) is 0.421. The van der Waals surface area contributed by atoms with Crippen LogP contribution in [0.4, 0.5) is 0 Å². The van der Waals surface area contributed by atoms with Gasteiger partial charge in [0.15, 0.2) is 5.96 Å². The van der Waals surface area contributed by atoms with Crippen molar-refractivity contribution >= 4 is 17.3 Å². The van der Waals surface area contributed by atoms with Crippen molar-refractivity contribution in [2.75, 3.05) is 26.9 Å². The number of nitrogens with one attached hydrogen (secondary N) is 2. The molecular formula is C19H27N3O2S. The van der Waals surface area contributed by atoms with E-state index in [1.165, 1.54) is 11.1 Å². The van der Waals surface area contributed by atoms with Crippen LogP contribution in [0.1, 0.15) is 24.5 Å². The van der Waals surface area contributed by atoms with Crippen molar-refractivity contribution in [3.05, 3.63) is 52.2 Å². The second-order valence-corrected chi connectivity index (χ2v) is 6.26. The maximum absolute atomic E-state index is 5.37. The first-order chi connectivity index (χ1) is 12.3. The van der Waals surface area contributed by atoms with Crippen molar-refractivity contribution in [3.8, 4) is 5.75 Å². The minimum absolute atomic E-state index is 0.674. The molecule has 0 aliphatic rings. The van der Waals surface area contributed by atoms with Crippen LogP contribution in [0.15, 0.2) is 46.1 Å². The third-order valence-corrected chi connectivity index (χ3v) is 4.31. The summed E-state index contributed by atoms with van der Waals surface area (Å²) in [7, 11) is 1.68. The average Bonchev–Trinajstić information content (AvgIpc) is 3.17. The molecule has 0 radical (unpaired) electrons. The Balaban J connectivity index is 1.86. The van der Waals surface area contributed by atoms with Gasteiger partial charge in [0.2, 0.25) is 0 Å². The van der Waals surface area contributed by atoms with Crippen molar-refractivity contribution < 1.29 is 9.47 Å². The highest BCUT2D eigenvalue weighted by Crippen LogP contribution is 2.11. The summed E-state index contributed by atoms with van der Waals surface area (Å²) in [6, 6.07) is 10.1. The molecule has 0 amide bonds. The van der Waals surface area contributed by atoms with Crippen LogP contribution in [0.5, 0.6) is 5.75 Å². The molecule has 0 aliphatic carbocycles. The Bertz CT molecular complexity index is 612. The molecule has 1 heterocycles. The van der Waals surface area contributed by atoms with Crippen LogP contribution in [0.2, 0.25) is 0 Å². The van der Waals surface area contributed by atoms with Gasteiger partial charge in [0, 0.05) is 26.3 Å². The molecule has 1 aromatic heterocycles. The Morgan fingerprint density at radius 2 is 1.96 bits per heavy atom. The molecular weight excluding hydrogens is 334 g/mol. The first kappa shape index (κ1) is 19.3. The first-order valence-electron chi connectivity index (χ1n) is 8.55. The first-order valence-corrected chi connectivity index (χ1v) is 9.50. The number of nitrogens with zero attached hydrogens (tertiary/aromatic N) is 1. The van der Waals surface area contributed by atoms with E-state index >= 15 is 0 Å². The van der Waals surface area contributed by atoms with Crippen molar-refractivity contribution in [3.63, 3.8) is 0 Å². The van der Waals surface area contributed by atoms with Crippen LogP contribution >= 0.6 is 11.3 Å². The summed E-state index contributed by atoms with van der Waals surface area (Å²) in [6.45, 7) is 5.75. The molecule has 1 aromatic carbocycles. The van der Waals surface area contributed by atoms with E-state index in [9.17, 15) is 0 Å². The minimum Gasteiger partial charge on any atom is -0.497 e. The van der Waals surface area contributed by atoms with Gasteiger partial charge in [-0.3, -0.25) is 0 Å². The largest absolute Gasteiger partial charge is 0.497 e. The highest BCUT2D eigenvalue weighted by Gasteiger charge is 2.01. The summed E-state index contributed by atoms with van der Waals surface area (Å²) < 4.78 is 10.6. The van der Waals surface area contributed by atoms with Crippen molar-refractivity contribution in [1.82, 2.24) is 10.6 Å². The number of thiophene rings is 1. The molecule has 2 aromatic rings. The van der Waals surface area contributed by atoms with Gasteiger partial charge in [-0.05, 0) is 53.4 Å². The van der Waals surface area contributed by atoms with E-state index in [1.807, 2.05) is 19.1 Å². The maximum atomic E-state index is 5.37. The monoisotopic (exact) mass is 361 g/mol. The summed E-state index contributed by atoms with van der Waals surface area (Å²) in [6.07, 6.45) is 0.954. The van der Waals surface area contributed by atoms with E-state index in [0.29, 0.717) is 13.1 Å². The number of hydrogen-bond acceptors (Lipinski definition) is 4. The lowest BCUT2D eigenvalue weighted by Gasteiger charge is -2.13. The molecule has 0 atom stereocenters. The molecule has 0 saturated carbocycles. The predicted octanol–water partition coefficient (Wildman–Crippen LogP) is 3.42. The van der Waals surface area contributed by atoms with Crippen molar-refractivity contribution in [2.45, 2.75) is 26.4 Å². The highest BCUT2D eigenvalue weighted by atomic mass is 32.1. The quantitative estimate of drug-likeness (QED) is 0.387. The Hall–Kier alpha value is -2.05.